The fourth-order valence-corrected chi connectivity index (χ4v) is 4.75. The smallest absolute Gasteiger partial charge is 0.332 e. The fourth-order valence-electron chi connectivity index (χ4n) is 3.64. The Kier molecular flexibility index (Phi) is 10.1. The number of halogens is 1. The van der Waals surface area contributed by atoms with Crippen molar-refractivity contribution in [2.24, 2.45) is 0 Å². The molecule has 0 aliphatic carbocycles. The molecule has 1 unspecified atom stereocenters. The van der Waals surface area contributed by atoms with Crippen LogP contribution in [0.15, 0.2) is 64.5 Å². The number of hydrogen-bond donors (Lipinski definition) is 2. The molecule has 0 heterocycles. The van der Waals surface area contributed by atoms with E-state index in [1.54, 1.807) is 42.5 Å². The summed E-state index contributed by atoms with van der Waals surface area (Å²) < 4.78 is 55.6. The van der Waals surface area contributed by atoms with Gasteiger partial charge in [-0.2, -0.15) is 0 Å². The quantitative estimate of drug-likeness (QED) is 0.262. The maximum Gasteiger partial charge on any atom is 0.332 e. The minimum atomic E-state index is -3.98. The second kappa shape index (κ2) is 13.3. The molecule has 0 aromatic heterocycles. The standard InChI is InChI=1S/C27H29BrN2O8S/c1-34-20-15-24(36-3)21(25(16-20)37-4)12-13-39(32,33)30-19-10-11-23(35-2)22(14-19)29-26(27(31)38-5)17-6-8-18(28)9-7-17/h6-16,26,29-30H,1-5H3/b13-12+. The van der Waals surface area contributed by atoms with Gasteiger partial charge in [0.05, 0.1) is 57.9 Å². The summed E-state index contributed by atoms with van der Waals surface area (Å²) in [5.41, 5.74) is 1.66. The average molecular weight is 622 g/mol. The molecule has 0 saturated carbocycles. The minimum absolute atomic E-state index is 0.232. The number of carbonyl (C=O) groups is 1. The zero-order valence-corrected chi connectivity index (χ0v) is 24.4. The van der Waals surface area contributed by atoms with Gasteiger partial charge < -0.3 is 29.0 Å². The molecular weight excluding hydrogens is 592 g/mol. The Morgan fingerprint density at radius 1 is 0.846 bits per heavy atom. The summed E-state index contributed by atoms with van der Waals surface area (Å²) >= 11 is 3.38. The van der Waals surface area contributed by atoms with Crippen LogP contribution in [-0.4, -0.2) is 49.9 Å². The van der Waals surface area contributed by atoms with Crippen LogP contribution in [0.2, 0.25) is 0 Å². The molecular formula is C27H29BrN2O8S. The Morgan fingerprint density at radius 2 is 1.46 bits per heavy atom. The SMILES string of the molecule is COC(=O)C(Nc1cc(NS(=O)(=O)/C=C/c2c(OC)cc(OC)cc2OC)ccc1OC)c1ccc(Br)cc1. The highest BCUT2D eigenvalue weighted by molar-refractivity contribution is 9.10. The molecule has 3 rings (SSSR count). The molecule has 0 saturated heterocycles. The highest BCUT2D eigenvalue weighted by atomic mass is 79.9. The number of sulfonamides is 1. The third-order valence-electron chi connectivity index (χ3n) is 5.57. The second-order valence-corrected chi connectivity index (χ2v) is 10.4. The highest BCUT2D eigenvalue weighted by Crippen LogP contribution is 2.36. The molecule has 1 atom stereocenters. The minimum Gasteiger partial charge on any atom is -0.496 e. The van der Waals surface area contributed by atoms with Gasteiger partial charge in [0.1, 0.15) is 23.0 Å². The predicted octanol–water partition coefficient (Wildman–Crippen LogP) is 5.22. The monoisotopic (exact) mass is 620 g/mol. The number of benzene rings is 3. The van der Waals surface area contributed by atoms with Gasteiger partial charge in [0.2, 0.25) is 0 Å². The number of hydrogen-bond acceptors (Lipinski definition) is 9. The predicted molar refractivity (Wildman–Crippen MR) is 153 cm³/mol. The summed E-state index contributed by atoms with van der Waals surface area (Å²) in [7, 11) is 3.20. The lowest BCUT2D eigenvalue weighted by Crippen LogP contribution is -2.22. The molecule has 0 bridgehead atoms. The van der Waals surface area contributed by atoms with Crippen LogP contribution >= 0.6 is 15.9 Å². The van der Waals surface area contributed by atoms with E-state index in [2.05, 4.69) is 26.0 Å². The van der Waals surface area contributed by atoms with E-state index in [0.717, 1.165) is 9.88 Å². The van der Waals surface area contributed by atoms with Crippen molar-refractivity contribution >= 4 is 49.4 Å². The lowest BCUT2D eigenvalue weighted by Gasteiger charge is -2.20. The van der Waals surface area contributed by atoms with Crippen LogP contribution < -0.4 is 29.0 Å². The summed E-state index contributed by atoms with van der Waals surface area (Å²) in [6, 6.07) is 14.1. The van der Waals surface area contributed by atoms with Gasteiger partial charge in [-0.1, -0.05) is 28.1 Å². The van der Waals surface area contributed by atoms with Gasteiger partial charge in [0, 0.05) is 16.6 Å². The molecule has 0 amide bonds. The molecule has 2 N–H and O–H groups in total. The van der Waals surface area contributed by atoms with Gasteiger partial charge in [-0.15, -0.1) is 0 Å². The van der Waals surface area contributed by atoms with E-state index in [9.17, 15) is 13.2 Å². The van der Waals surface area contributed by atoms with Crippen LogP contribution in [0.25, 0.3) is 6.08 Å². The lowest BCUT2D eigenvalue weighted by atomic mass is 10.1. The number of esters is 1. The van der Waals surface area contributed by atoms with Gasteiger partial charge in [-0.25, -0.2) is 13.2 Å². The zero-order valence-electron chi connectivity index (χ0n) is 22.0. The van der Waals surface area contributed by atoms with Crippen LogP contribution in [0.5, 0.6) is 23.0 Å². The summed E-state index contributed by atoms with van der Waals surface area (Å²) in [5.74, 6) is 1.10. The van der Waals surface area contributed by atoms with Crippen molar-refractivity contribution in [2.45, 2.75) is 6.04 Å². The Morgan fingerprint density at radius 3 is 2.00 bits per heavy atom. The van der Waals surface area contributed by atoms with Gasteiger partial charge in [-0.3, -0.25) is 4.72 Å². The molecule has 3 aromatic carbocycles. The second-order valence-electron chi connectivity index (χ2n) is 7.96. The lowest BCUT2D eigenvalue weighted by molar-refractivity contribution is -0.141. The number of methoxy groups -OCH3 is 5. The third-order valence-corrected chi connectivity index (χ3v) is 7.11. The van der Waals surface area contributed by atoms with Crippen molar-refractivity contribution in [3.63, 3.8) is 0 Å². The van der Waals surface area contributed by atoms with E-state index in [4.69, 9.17) is 23.7 Å². The van der Waals surface area contributed by atoms with E-state index in [1.165, 1.54) is 53.8 Å². The molecule has 3 aromatic rings. The van der Waals surface area contributed by atoms with Crippen molar-refractivity contribution in [1.82, 2.24) is 0 Å². The van der Waals surface area contributed by atoms with Crippen molar-refractivity contribution < 1.29 is 36.9 Å². The number of rotatable bonds is 12. The van der Waals surface area contributed by atoms with E-state index in [1.807, 2.05) is 0 Å². The average Bonchev–Trinajstić information content (AvgIpc) is 2.94. The summed E-state index contributed by atoms with van der Waals surface area (Å²) in [5, 5.41) is 4.09. The Bertz CT molecular complexity index is 1420. The normalized spacial score (nSPS) is 11.9. The van der Waals surface area contributed by atoms with E-state index < -0.39 is 22.0 Å². The summed E-state index contributed by atoms with van der Waals surface area (Å²) in [4.78, 5) is 12.6. The van der Waals surface area contributed by atoms with E-state index >= 15 is 0 Å². The topological polar surface area (TPSA) is 121 Å². The molecule has 0 aliphatic rings. The molecule has 12 heteroatoms. The fraction of sp³-hybridized carbons (Fsp3) is 0.222. The first-order valence-electron chi connectivity index (χ1n) is 11.4. The maximum atomic E-state index is 13.0. The molecule has 10 nitrogen and oxygen atoms in total. The van der Waals surface area contributed by atoms with E-state index in [0.29, 0.717) is 39.8 Å². The van der Waals surface area contributed by atoms with Gasteiger partial charge in [-0.05, 0) is 42.0 Å². The third kappa shape index (κ3) is 7.58. The first-order valence-corrected chi connectivity index (χ1v) is 13.8. The van der Waals surface area contributed by atoms with Crippen molar-refractivity contribution in [3.05, 3.63) is 75.6 Å². The number of nitrogens with one attached hydrogen (secondary N) is 2. The van der Waals surface area contributed by atoms with Crippen molar-refractivity contribution in [3.8, 4) is 23.0 Å². The number of ether oxygens (including phenoxy) is 5. The Balaban J connectivity index is 1.91. The van der Waals surface area contributed by atoms with E-state index in [-0.39, 0.29) is 5.69 Å². The van der Waals surface area contributed by atoms with Crippen LogP contribution in [0.1, 0.15) is 17.2 Å². The molecule has 0 fully saturated rings. The van der Waals surface area contributed by atoms with Crippen LogP contribution in [0, 0.1) is 0 Å². The van der Waals surface area contributed by atoms with Crippen molar-refractivity contribution in [1.29, 1.82) is 0 Å². The zero-order chi connectivity index (χ0) is 28.6. The number of carbonyl (C=O) groups excluding carboxylic acids is 1. The first kappa shape index (κ1) is 29.7. The van der Waals surface area contributed by atoms with Gasteiger partial charge in [0.15, 0.2) is 6.04 Å². The molecule has 39 heavy (non-hydrogen) atoms. The van der Waals surface area contributed by atoms with Gasteiger partial charge in [0.25, 0.3) is 10.0 Å². The van der Waals surface area contributed by atoms with Crippen molar-refractivity contribution in [2.75, 3.05) is 45.6 Å². The summed E-state index contributed by atoms with van der Waals surface area (Å²) in [6.45, 7) is 0. The summed E-state index contributed by atoms with van der Waals surface area (Å²) in [6.07, 6.45) is 1.36. The molecule has 0 aliphatic heterocycles. The largest absolute Gasteiger partial charge is 0.496 e. The Labute approximate surface area is 236 Å². The van der Waals surface area contributed by atoms with Crippen LogP contribution in [-0.2, 0) is 19.6 Å². The Hall–Kier alpha value is -3.90. The number of anilines is 2. The first-order chi connectivity index (χ1) is 18.6. The maximum absolute atomic E-state index is 13.0. The van der Waals surface area contributed by atoms with Crippen LogP contribution in [0.4, 0.5) is 11.4 Å². The highest BCUT2D eigenvalue weighted by Gasteiger charge is 2.23. The molecule has 0 spiro atoms. The molecule has 0 radical (unpaired) electrons. The van der Waals surface area contributed by atoms with Gasteiger partial charge >= 0.3 is 5.97 Å². The molecule has 208 valence electrons. The van der Waals surface area contributed by atoms with Crippen LogP contribution in [0.3, 0.4) is 0 Å².